The van der Waals surface area contributed by atoms with Crippen LogP contribution >= 0.6 is 11.6 Å². The zero-order chi connectivity index (χ0) is 8.15. The quantitative estimate of drug-likeness (QED) is 0.436. The normalized spacial score (nSPS) is 16.0. The number of alkyl halides is 1. The van der Waals surface area contributed by atoms with Crippen molar-refractivity contribution in [1.82, 2.24) is 0 Å². The van der Waals surface area contributed by atoms with E-state index in [0.29, 0.717) is 0 Å². The van der Waals surface area contributed by atoms with Gasteiger partial charge in [0.15, 0.2) is 0 Å². The highest BCUT2D eigenvalue weighted by Gasteiger charge is 2.04. The van der Waals surface area contributed by atoms with Crippen molar-refractivity contribution in [3.8, 4) is 0 Å². The fourth-order valence-corrected chi connectivity index (χ4v) is 0.886. The van der Waals surface area contributed by atoms with Crippen molar-refractivity contribution in [3.63, 3.8) is 0 Å². The van der Waals surface area contributed by atoms with Crippen LogP contribution in [0.3, 0.4) is 0 Å². The minimum absolute atomic E-state index is 0.179. The molecule has 0 amide bonds. The predicted octanol–water partition coefficient (Wildman–Crippen LogP) is 3.53. The van der Waals surface area contributed by atoms with Crippen molar-refractivity contribution in [2.45, 2.75) is 32.6 Å². The third-order valence-corrected chi connectivity index (χ3v) is 2.39. The molecule has 0 rings (SSSR count). The number of halogens is 1. The summed E-state index contributed by atoms with van der Waals surface area (Å²) in [5.41, 5.74) is 2.43. The Morgan fingerprint density at radius 2 is 2.10 bits per heavy atom. The molecule has 0 aliphatic carbocycles. The summed E-state index contributed by atoms with van der Waals surface area (Å²) in [5, 5.41) is 0.179. The van der Waals surface area contributed by atoms with Gasteiger partial charge in [0.05, 0.1) is 5.38 Å². The molecule has 0 aromatic heterocycles. The van der Waals surface area contributed by atoms with Crippen LogP contribution in [-0.2, 0) is 0 Å². The van der Waals surface area contributed by atoms with Crippen LogP contribution in [-0.4, -0.2) is 5.38 Å². The molecule has 0 aromatic rings. The molecule has 1 heteroatoms. The SMILES string of the molecule is C=C/C(C)=C(\C)C(Cl)CC. The van der Waals surface area contributed by atoms with Crippen molar-refractivity contribution >= 4 is 11.6 Å². The summed E-state index contributed by atoms with van der Waals surface area (Å²) in [5.74, 6) is 0. The van der Waals surface area contributed by atoms with Crippen molar-refractivity contribution in [2.24, 2.45) is 0 Å². The average molecular weight is 159 g/mol. The Bertz CT molecular complexity index is 145. The molecule has 0 fully saturated rings. The highest BCUT2D eigenvalue weighted by molar-refractivity contribution is 6.22. The molecule has 58 valence electrons. The first kappa shape index (κ1) is 9.77. The van der Waals surface area contributed by atoms with E-state index in [1.807, 2.05) is 13.0 Å². The summed E-state index contributed by atoms with van der Waals surface area (Å²) in [4.78, 5) is 0. The van der Waals surface area contributed by atoms with Crippen molar-refractivity contribution < 1.29 is 0 Å². The molecule has 0 radical (unpaired) electrons. The molecule has 1 unspecified atom stereocenters. The first-order chi connectivity index (χ1) is 4.63. The monoisotopic (exact) mass is 158 g/mol. The Labute approximate surface area is 68.6 Å². The standard InChI is InChI=1S/C9H15Cl/c1-5-7(3)8(4)9(10)6-2/h5,9H,1,6H2,2-4H3/b8-7+. The highest BCUT2D eigenvalue weighted by atomic mass is 35.5. The van der Waals surface area contributed by atoms with E-state index < -0.39 is 0 Å². The van der Waals surface area contributed by atoms with E-state index in [1.54, 1.807) is 0 Å². The fraction of sp³-hybridized carbons (Fsp3) is 0.556. The summed E-state index contributed by atoms with van der Waals surface area (Å²) >= 11 is 5.98. The molecular formula is C9H15Cl. The summed E-state index contributed by atoms with van der Waals surface area (Å²) in [7, 11) is 0. The summed E-state index contributed by atoms with van der Waals surface area (Å²) in [6.07, 6.45) is 2.83. The lowest BCUT2D eigenvalue weighted by Crippen LogP contribution is -1.99. The number of hydrogen-bond acceptors (Lipinski definition) is 0. The Morgan fingerprint density at radius 1 is 1.60 bits per heavy atom. The lowest BCUT2D eigenvalue weighted by atomic mass is 10.1. The van der Waals surface area contributed by atoms with E-state index in [0.717, 1.165) is 6.42 Å². The van der Waals surface area contributed by atoms with Crippen LogP contribution in [0.15, 0.2) is 23.8 Å². The minimum atomic E-state index is 0.179. The van der Waals surface area contributed by atoms with Crippen molar-refractivity contribution in [2.75, 3.05) is 0 Å². The smallest absolute Gasteiger partial charge is 0.0545 e. The van der Waals surface area contributed by atoms with Gasteiger partial charge in [0, 0.05) is 0 Å². The van der Waals surface area contributed by atoms with Crippen LogP contribution in [0.1, 0.15) is 27.2 Å². The molecule has 0 spiro atoms. The summed E-state index contributed by atoms with van der Waals surface area (Å²) in [6, 6.07) is 0. The third-order valence-electron chi connectivity index (χ3n) is 1.76. The number of hydrogen-bond donors (Lipinski definition) is 0. The molecular weight excluding hydrogens is 144 g/mol. The largest absolute Gasteiger partial charge is 0.118 e. The molecule has 0 saturated carbocycles. The fourth-order valence-electron chi connectivity index (χ4n) is 0.714. The van der Waals surface area contributed by atoms with Gasteiger partial charge in [-0.1, -0.05) is 30.7 Å². The van der Waals surface area contributed by atoms with Crippen LogP contribution in [0.2, 0.25) is 0 Å². The molecule has 10 heavy (non-hydrogen) atoms. The Morgan fingerprint density at radius 3 is 2.40 bits per heavy atom. The Balaban J connectivity index is 4.29. The molecule has 1 atom stereocenters. The van der Waals surface area contributed by atoms with E-state index in [2.05, 4.69) is 20.4 Å². The maximum absolute atomic E-state index is 5.98. The van der Waals surface area contributed by atoms with Crippen molar-refractivity contribution in [1.29, 1.82) is 0 Å². The molecule has 0 saturated heterocycles. The second-order valence-corrected chi connectivity index (χ2v) is 2.97. The van der Waals surface area contributed by atoms with Gasteiger partial charge in [0.25, 0.3) is 0 Å². The zero-order valence-corrected chi connectivity index (χ0v) is 7.70. The van der Waals surface area contributed by atoms with E-state index >= 15 is 0 Å². The minimum Gasteiger partial charge on any atom is -0.118 e. The summed E-state index contributed by atoms with van der Waals surface area (Å²) in [6.45, 7) is 9.85. The number of rotatable bonds is 3. The Kier molecular flexibility index (Phi) is 4.46. The first-order valence-electron chi connectivity index (χ1n) is 3.57. The zero-order valence-electron chi connectivity index (χ0n) is 6.95. The van der Waals surface area contributed by atoms with E-state index in [-0.39, 0.29) is 5.38 Å². The first-order valence-corrected chi connectivity index (χ1v) is 4.01. The number of allylic oxidation sites excluding steroid dienone is 3. The van der Waals surface area contributed by atoms with Gasteiger partial charge < -0.3 is 0 Å². The molecule has 0 aromatic carbocycles. The van der Waals surface area contributed by atoms with Crippen LogP contribution in [0.4, 0.5) is 0 Å². The van der Waals surface area contributed by atoms with Gasteiger partial charge in [-0.2, -0.15) is 0 Å². The van der Waals surface area contributed by atoms with Gasteiger partial charge >= 0.3 is 0 Å². The van der Waals surface area contributed by atoms with E-state index in [4.69, 9.17) is 11.6 Å². The molecule has 0 aliphatic heterocycles. The second kappa shape index (κ2) is 4.56. The van der Waals surface area contributed by atoms with Gasteiger partial charge in [-0.15, -0.1) is 11.6 Å². The van der Waals surface area contributed by atoms with Gasteiger partial charge in [0.2, 0.25) is 0 Å². The van der Waals surface area contributed by atoms with Gasteiger partial charge in [-0.05, 0) is 20.3 Å². The van der Waals surface area contributed by atoms with E-state index in [1.165, 1.54) is 11.1 Å². The molecule has 0 aliphatic rings. The van der Waals surface area contributed by atoms with Crippen LogP contribution in [0, 0.1) is 0 Å². The van der Waals surface area contributed by atoms with E-state index in [9.17, 15) is 0 Å². The maximum atomic E-state index is 5.98. The molecule has 0 bridgehead atoms. The third kappa shape index (κ3) is 2.57. The molecule has 0 nitrogen and oxygen atoms in total. The molecule has 0 heterocycles. The molecule has 0 N–H and O–H groups in total. The van der Waals surface area contributed by atoms with Gasteiger partial charge in [0.1, 0.15) is 0 Å². The van der Waals surface area contributed by atoms with Crippen molar-refractivity contribution in [3.05, 3.63) is 23.8 Å². The van der Waals surface area contributed by atoms with Gasteiger partial charge in [-0.3, -0.25) is 0 Å². The average Bonchev–Trinajstić information content (AvgIpc) is 2.00. The maximum Gasteiger partial charge on any atom is 0.0545 e. The topological polar surface area (TPSA) is 0 Å². The van der Waals surface area contributed by atoms with Crippen LogP contribution in [0.25, 0.3) is 0 Å². The summed E-state index contributed by atoms with van der Waals surface area (Å²) < 4.78 is 0. The van der Waals surface area contributed by atoms with Gasteiger partial charge in [-0.25, -0.2) is 0 Å². The second-order valence-electron chi connectivity index (χ2n) is 2.45. The van der Waals surface area contributed by atoms with Crippen LogP contribution < -0.4 is 0 Å². The lowest BCUT2D eigenvalue weighted by molar-refractivity contribution is 0.904. The lowest BCUT2D eigenvalue weighted by Gasteiger charge is -2.08. The van der Waals surface area contributed by atoms with Crippen LogP contribution in [0.5, 0.6) is 0 Å². The highest BCUT2D eigenvalue weighted by Crippen LogP contribution is 2.16. The predicted molar refractivity (Wildman–Crippen MR) is 48.5 cm³/mol. The Hall–Kier alpha value is -0.230.